The van der Waals surface area contributed by atoms with Crippen molar-refractivity contribution in [3.05, 3.63) is 112 Å². The number of hydrogen-bond acceptors (Lipinski definition) is 2. The van der Waals surface area contributed by atoms with Crippen LogP contribution in [0.15, 0.2) is 73.0 Å². The Morgan fingerprint density at radius 1 is 1.09 bits per heavy atom. The van der Waals surface area contributed by atoms with Crippen molar-refractivity contribution in [2.45, 2.75) is 40.5 Å². The van der Waals surface area contributed by atoms with Gasteiger partial charge < -0.3 is 0 Å². The predicted octanol–water partition coefficient (Wildman–Crippen LogP) is 7.93. The molecule has 3 nitrogen and oxygen atoms in total. The zero-order chi connectivity index (χ0) is 24.2. The summed E-state index contributed by atoms with van der Waals surface area (Å²) in [6.45, 7) is 12.3. The SMILES string of the molecule is C=C(C)/C=C/c1ccc(/C(=C(/CC)c2cnc(CC)cc2C)c2cccc3n[nH]c(F)c23)cc1. The molecule has 0 amide bonds. The van der Waals surface area contributed by atoms with Crippen LogP contribution in [0.5, 0.6) is 0 Å². The summed E-state index contributed by atoms with van der Waals surface area (Å²) in [7, 11) is 0. The number of halogens is 1. The largest absolute Gasteiger partial charge is 0.261 e. The summed E-state index contributed by atoms with van der Waals surface area (Å²) < 4.78 is 14.9. The first kappa shape index (κ1) is 23.4. The third-order valence-corrected chi connectivity index (χ3v) is 6.08. The molecule has 0 saturated carbocycles. The minimum atomic E-state index is -0.421. The second-order valence-corrected chi connectivity index (χ2v) is 8.59. The topological polar surface area (TPSA) is 41.6 Å². The average molecular weight is 452 g/mol. The summed E-state index contributed by atoms with van der Waals surface area (Å²) in [6, 6.07) is 16.2. The van der Waals surface area contributed by atoms with E-state index in [0.717, 1.165) is 57.5 Å². The molecular weight excluding hydrogens is 421 g/mol. The van der Waals surface area contributed by atoms with Gasteiger partial charge in [0.15, 0.2) is 0 Å². The highest BCUT2D eigenvalue weighted by atomic mass is 19.1. The molecule has 0 aliphatic carbocycles. The Balaban J connectivity index is 2.00. The van der Waals surface area contributed by atoms with Crippen molar-refractivity contribution in [1.82, 2.24) is 15.2 Å². The lowest BCUT2D eigenvalue weighted by molar-refractivity contribution is 0.588. The Kier molecular flexibility index (Phi) is 6.87. The van der Waals surface area contributed by atoms with Crippen LogP contribution >= 0.6 is 0 Å². The lowest BCUT2D eigenvalue weighted by atomic mass is 9.85. The second kappa shape index (κ2) is 10.0. The van der Waals surface area contributed by atoms with Crippen LogP contribution in [0.4, 0.5) is 4.39 Å². The fourth-order valence-corrected chi connectivity index (χ4v) is 4.35. The number of hydrogen-bond donors (Lipinski definition) is 1. The Morgan fingerprint density at radius 2 is 1.85 bits per heavy atom. The van der Waals surface area contributed by atoms with E-state index in [4.69, 9.17) is 0 Å². The molecule has 0 unspecified atom stereocenters. The normalized spacial score (nSPS) is 12.4. The molecule has 0 atom stereocenters. The number of aromatic amines is 1. The van der Waals surface area contributed by atoms with Crippen LogP contribution in [0, 0.1) is 12.9 Å². The summed E-state index contributed by atoms with van der Waals surface area (Å²) in [5.74, 6) is -0.421. The highest BCUT2D eigenvalue weighted by Crippen LogP contribution is 2.39. The first-order chi connectivity index (χ1) is 16.4. The van der Waals surface area contributed by atoms with E-state index in [9.17, 15) is 4.39 Å². The minimum absolute atomic E-state index is 0.421. The van der Waals surface area contributed by atoms with Gasteiger partial charge in [-0.1, -0.05) is 74.5 Å². The van der Waals surface area contributed by atoms with Crippen LogP contribution < -0.4 is 0 Å². The number of benzene rings is 2. The van der Waals surface area contributed by atoms with E-state index in [1.54, 1.807) is 0 Å². The van der Waals surface area contributed by atoms with Crippen molar-refractivity contribution in [3.63, 3.8) is 0 Å². The Hall–Kier alpha value is -3.79. The maximum atomic E-state index is 14.9. The quantitative estimate of drug-likeness (QED) is 0.290. The summed E-state index contributed by atoms with van der Waals surface area (Å²) in [5.41, 5.74) is 9.99. The van der Waals surface area contributed by atoms with Crippen molar-refractivity contribution in [1.29, 1.82) is 0 Å². The van der Waals surface area contributed by atoms with Gasteiger partial charge in [0, 0.05) is 11.9 Å². The molecule has 2 aromatic heterocycles. The van der Waals surface area contributed by atoms with E-state index in [0.29, 0.717) is 10.9 Å². The lowest BCUT2D eigenvalue weighted by Crippen LogP contribution is -2.00. The molecule has 34 heavy (non-hydrogen) atoms. The van der Waals surface area contributed by atoms with Gasteiger partial charge in [0.25, 0.3) is 0 Å². The zero-order valence-electron chi connectivity index (χ0n) is 20.2. The molecule has 0 radical (unpaired) electrons. The van der Waals surface area contributed by atoms with Crippen LogP contribution in [0.3, 0.4) is 0 Å². The lowest BCUT2D eigenvalue weighted by Gasteiger charge is -2.19. The number of aryl methyl sites for hydroxylation is 2. The minimum Gasteiger partial charge on any atom is -0.261 e. The smallest absolute Gasteiger partial charge is 0.217 e. The Labute approximate surface area is 200 Å². The number of nitrogens with one attached hydrogen (secondary N) is 1. The monoisotopic (exact) mass is 451 g/mol. The molecule has 0 aliphatic rings. The van der Waals surface area contributed by atoms with Crippen molar-refractivity contribution >= 4 is 28.1 Å². The van der Waals surface area contributed by atoms with E-state index >= 15 is 0 Å². The fraction of sp³-hybridized carbons (Fsp3) is 0.200. The van der Waals surface area contributed by atoms with Crippen molar-refractivity contribution in [3.8, 4) is 0 Å². The number of fused-ring (bicyclic) bond motifs is 1. The van der Waals surface area contributed by atoms with Crippen LogP contribution in [0.1, 0.15) is 60.7 Å². The number of pyridine rings is 1. The maximum Gasteiger partial charge on any atom is 0.217 e. The van der Waals surface area contributed by atoms with Gasteiger partial charge in [-0.15, -0.1) is 0 Å². The molecule has 0 bridgehead atoms. The molecule has 2 aromatic carbocycles. The second-order valence-electron chi connectivity index (χ2n) is 8.59. The molecule has 0 fully saturated rings. The third-order valence-electron chi connectivity index (χ3n) is 6.08. The van der Waals surface area contributed by atoms with Crippen LogP contribution in [0.2, 0.25) is 0 Å². The summed E-state index contributed by atoms with van der Waals surface area (Å²) in [6.07, 6.45) is 7.66. The Bertz CT molecular complexity index is 1410. The summed E-state index contributed by atoms with van der Waals surface area (Å²) >= 11 is 0. The molecule has 0 spiro atoms. The third kappa shape index (κ3) is 4.62. The van der Waals surface area contributed by atoms with Crippen LogP contribution in [-0.4, -0.2) is 15.2 Å². The first-order valence-corrected chi connectivity index (χ1v) is 11.7. The highest BCUT2D eigenvalue weighted by Gasteiger charge is 2.20. The maximum absolute atomic E-state index is 14.9. The van der Waals surface area contributed by atoms with Crippen molar-refractivity contribution in [2.24, 2.45) is 0 Å². The van der Waals surface area contributed by atoms with Gasteiger partial charge in [-0.05, 0) is 77.8 Å². The Morgan fingerprint density at radius 3 is 2.50 bits per heavy atom. The first-order valence-electron chi connectivity index (χ1n) is 11.7. The molecule has 0 aliphatic heterocycles. The van der Waals surface area contributed by atoms with E-state index in [-0.39, 0.29) is 0 Å². The number of rotatable bonds is 7. The zero-order valence-corrected chi connectivity index (χ0v) is 20.2. The van der Waals surface area contributed by atoms with Gasteiger partial charge in [0.1, 0.15) is 0 Å². The molecule has 1 N–H and O–H groups in total. The van der Waals surface area contributed by atoms with Gasteiger partial charge >= 0.3 is 0 Å². The van der Waals surface area contributed by atoms with Gasteiger partial charge in [-0.2, -0.15) is 9.49 Å². The number of aromatic nitrogens is 3. The van der Waals surface area contributed by atoms with Crippen LogP contribution in [0.25, 0.3) is 28.1 Å². The van der Waals surface area contributed by atoms with E-state index in [2.05, 4.69) is 72.9 Å². The van der Waals surface area contributed by atoms with E-state index in [1.807, 2.05) is 43.5 Å². The molecule has 4 aromatic rings. The van der Waals surface area contributed by atoms with Gasteiger partial charge in [0.05, 0.1) is 10.9 Å². The van der Waals surface area contributed by atoms with Gasteiger partial charge in [-0.25, -0.2) is 0 Å². The molecular formula is C30H30FN3. The van der Waals surface area contributed by atoms with Gasteiger partial charge in [-0.3, -0.25) is 10.1 Å². The summed E-state index contributed by atoms with van der Waals surface area (Å²) in [4.78, 5) is 4.68. The number of nitrogens with zero attached hydrogens (tertiary/aromatic N) is 2. The molecule has 4 rings (SSSR count). The fourth-order valence-electron chi connectivity index (χ4n) is 4.35. The predicted molar refractivity (Wildman–Crippen MR) is 141 cm³/mol. The molecule has 4 heteroatoms. The molecule has 172 valence electrons. The molecule has 0 saturated heterocycles. The highest BCUT2D eigenvalue weighted by molar-refractivity contribution is 6.06. The van der Waals surface area contributed by atoms with Crippen LogP contribution in [-0.2, 0) is 6.42 Å². The van der Waals surface area contributed by atoms with E-state index < -0.39 is 5.95 Å². The van der Waals surface area contributed by atoms with Gasteiger partial charge in [0.2, 0.25) is 5.95 Å². The van der Waals surface area contributed by atoms with Crippen molar-refractivity contribution < 1.29 is 4.39 Å². The summed E-state index contributed by atoms with van der Waals surface area (Å²) in [5, 5.41) is 7.17. The standard InChI is InChI=1S/C30H30FN3/c1-6-23-17-20(5)26(18-32-23)24(7-2)28(22-15-13-21(14-16-22)12-11-19(3)4)25-9-8-10-27-29(25)30(31)34-33-27/h8-18H,3,6-7H2,1-2,4-5H3,(H,33,34)/b12-11+,28-24+. The van der Waals surface area contributed by atoms with Crippen molar-refractivity contribution in [2.75, 3.05) is 0 Å². The number of allylic oxidation sites excluding steroid dienone is 3. The molecule has 2 heterocycles. The average Bonchev–Trinajstić information content (AvgIpc) is 3.23. The number of H-pyrrole nitrogens is 1. The van der Waals surface area contributed by atoms with E-state index in [1.165, 1.54) is 5.56 Å².